The predicted molar refractivity (Wildman–Crippen MR) is 218 cm³/mol. The number of nitrogens with one attached hydrogen (secondary N) is 3. The molecule has 1 amide bonds. The third-order valence-corrected chi connectivity index (χ3v) is 9.20. The van der Waals surface area contributed by atoms with Gasteiger partial charge in [-0.3, -0.25) is 9.20 Å². The summed E-state index contributed by atoms with van der Waals surface area (Å²) in [5, 5.41) is 23.3. The van der Waals surface area contributed by atoms with Crippen LogP contribution in [0.25, 0.3) is 34.1 Å². The SMILES string of the molecule is Cc1nc(N)cc(-c2c(Nc3ccc(N4CC(O)C4)nc3)nc3cccnn23)n1.Cc1nc(N)cc(-c2c(Nc3ccc4c(c3)OCC(=O)N4)nc3ccccn23)n1. The van der Waals surface area contributed by atoms with Gasteiger partial charge in [-0.05, 0) is 62.4 Å². The van der Waals surface area contributed by atoms with Crippen LogP contribution in [0.15, 0.2) is 91.4 Å². The van der Waals surface area contributed by atoms with Crippen LogP contribution in [0.2, 0.25) is 0 Å². The van der Waals surface area contributed by atoms with Gasteiger partial charge in [-0.2, -0.15) is 5.10 Å². The topological polar surface area (TPSA) is 250 Å². The van der Waals surface area contributed by atoms with Gasteiger partial charge in [-0.15, -0.1) is 0 Å². The number of aliphatic hydroxyl groups excluding tert-OH is 1. The van der Waals surface area contributed by atoms with Crippen LogP contribution in [0.4, 0.5) is 46.2 Å². The minimum atomic E-state index is -0.272. The first-order valence-corrected chi connectivity index (χ1v) is 18.2. The monoisotopic (exact) mass is 776 g/mol. The summed E-state index contributed by atoms with van der Waals surface area (Å²) in [7, 11) is 0. The molecule has 0 saturated carbocycles. The number of aryl methyl sites for hydroxylation is 2. The maximum Gasteiger partial charge on any atom is 0.262 e. The number of amides is 1. The minimum absolute atomic E-state index is 0.00441. The van der Waals surface area contributed by atoms with E-state index in [-0.39, 0.29) is 18.6 Å². The largest absolute Gasteiger partial charge is 0.482 e. The Morgan fingerprint density at radius 3 is 2.21 bits per heavy atom. The molecular weight excluding hydrogens is 741 g/mol. The number of aliphatic hydroxyl groups is 1. The van der Waals surface area contributed by atoms with Gasteiger partial charge in [-0.25, -0.2) is 39.4 Å². The predicted octanol–water partition coefficient (Wildman–Crippen LogP) is 4.15. The minimum Gasteiger partial charge on any atom is -0.482 e. The standard InChI is InChI=1S/C20H17N7O2.C19H19N9O/c1-11-22-14(9-16(21)23-11)19-20(26-17-4-2-3-7-27(17)19)24-12-5-6-13-15(8-12)29-10-18(28)25-13;1-11-23-14(7-15(20)24-11)18-19(26-17-3-2-6-22-28(17)18)25-12-4-5-16(21-8-12)27-9-13(29)10-27/h2-9,24H,10H2,1H3,(H,25,28)(H2,21,22,23);2-8,13,25,29H,9-10H2,1H3,(H2,20,23,24). The molecule has 10 rings (SSSR count). The van der Waals surface area contributed by atoms with Crippen molar-refractivity contribution in [2.45, 2.75) is 20.0 Å². The number of nitrogen functional groups attached to an aromatic ring is 2. The molecule has 290 valence electrons. The van der Waals surface area contributed by atoms with Crippen molar-refractivity contribution in [2.24, 2.45) is 0 Å². The lowest BCUT2D eigenvalue weighted by Crippen LogP contribution is -2.51. The number of ether oxygens (including phenoxy) is 1. The van der Waals surface area contributed by atoms with Crippen molar-refractivity contribution in [3.8, 4) is 28.5 Å². The highest BCUT2D eigenvalue weighted by molar-refractivity contribution is 5.96. The summed E-state index contributed by atoms with van der Waals surface area (Å²) in [5.41, 5.74) is 18.3. The maximum absolute atomic E-state index is 11.5. The number of pyridine rings is 2. The van der Waals surface area contributed by atoms with E-state index in [4.69, 9.17) is 21.2 Å². The van der Waals surface area contributed by atoms with Crippen molar-refractivity contribution >= 4 is 63.4 Å². The molecule has 8 N–H and O–H groups in total. The number of imidazole rings is 2. The molecule has 7 aromatic heterocycles. The van der Waals surface area contributed by atoms with Crippen molar-refractivity contribution in [1.29, 1.82) is 0 Å². The van der Waals surface area contributed by atoms with Crippen LogP contribution >= 0.6 is 0 Å². The van der Waals surface area contributed by atoms with Gasteiger partial charge in [0.25, 0.3) is 5.91 Å². The van der Waals surface area contributed by atoms with Crippen LogP contribution in [-0.2, 0) is 4.79 Å². The first-order chi connectivity index (χ1) is 28.1. The number of nitrogens with zero attached hydrogens (tertiary/aromatic N) is 11. The first kappa shape index (κ1) is 35.8. The average Bonchev–Trinajstić information content (AvgIpc) is 3.74. The number of hydrogen-bond acceptors (Lipinski definition) is 16. The third kappa shape index (κ3) is 7.15. The third-order valence-electron chi connectivity index (χ3n) is 9.20. The van der Waals surface area contributed by atoms with Crippen molar-refractivity contribution < 1.29 is 14.6 Å². The first-order valence-electron chi connectivity index (χ1n) is 18.2. The zero-order valence-electron chi connectivity index (χ0n) is 31.2. The number of carbonyl (C=O) groups excluding carboxylic acids is 1. The van der Waals surface area contributed by atoms with Crippen molar-refractivity contribution in [2.75, 3.05) is 52.0 Å². The van der Waals surface area contributed by atoms with E-state index in [2.05, 4.69) is 51.0 Å². The highest BCUT2D eigenvalue weighted by Gasteiger charge is 2.26. The Kier molecular flexibility index (Phi) is 9.01. The van der Waals surface area contributed by atoms with Crippen molar-refractivity contribution in [3.05, 3.63) is 103 Å². The van der Waals surface area contributed by atoms with Crippen LogP contribution < -0.4 is 37.1 Å². The van der Waals surface area contributed by atoms with Gasteiger partial charge in [0.1, 0.15) is 51.9 Å². The lowest BCUT2D eigenvalue weighted by atomic mass is 10.2. The van der Waals surface area contributed by atoms with Gasteiger partial charge in [0, 0.05) is 49.4 Å². The molecule has 0 bridgehead atoms. The number of carbonyl (C=O) groups is 1. The molecule has 0 unspecified atom stereocenters. The molecule has 1 fully saturated rings. The molecule has 9 heterocycles. The Balaban J connectivity index is 0.000000150. The van der Waals surface area contributed by atoms with E-state index >= 15 is 0 Å². The number of aromatic nitrogens is 10. The Hall–Kier alpha value is -7.93. The fourth-order valence-corrected chi connectivity index (χ4v) is 6.67. The molecule has 0 aliphatic carbocycles. The van der Waals surface area contributed by atoms with E-state index in [0.717, 1.165) is 28.5 Å². The summed E-state index contributed by atoms with van der Waals surface area (Å²) in [4.78, 5) is 44.7. The summed E-state index contributed by atoms with van der Waals surface area (Å²) in [6.07, 6.45) is 5.08. The molecule has 2 aliphatic heterocycles. The second-order valence-electron chi connectivity index (χ2n) is 13.6. The second-order valence-corrected chi connectivity index (χ2v) is 13.6. The van der Waals surface area contributed by atoms with Gasteiger partial charge >= 0.3 is 0 Å². The Labute approximate surface area is 329 Å². The fourth-order valence-electron chi connectivity index (χ4n) is 6.67. The van der Waals surface area contributed by atoms with E-state index in [1.54, 1.807) is 49.0 Å². The quantitative estimate of drug-likeness (QED) is 0.133. The maximum atomic E-state index is 11.5. The number of anilines is 8. The number of fused-ring (bicyclic) bond motifs is 3. The molecule has 1 saturated heterocycles. The summed E-state index contributed by atoms with van der Waals surface area (Å²) in [6.45, 7) is 4.80. The molecule has 19 heteroatoms. The normalized spacial score (nSPS) is 13.6. The molecule has 1 aromatic carbocycles. The molecule has 0 spiro atoms. The highest BCUT2D eigenvalue weighted by Crippen LogP contribution is 2.35. The lowest BCUT2D eigenvalue weighted by Gasteiger charge is -2.36. The smallest absolute Gasteiger partial charge is 0.262 e. The molecule has 0 atom stereocenters. The van der Waals surface area contributed by atoms with Crippen LogP contribution in [-0.4, -0.2) is 85.7 Å². The Morgan fingerprint density at radius 2 is 1.48 bits per heavy atom. The average molecular weight is 777 g/mol. The van der Waals surface area contributed by atoms with E-state index in [9.17, 15) is 9.90 Å². The van der Waals surface area contributed by atoms with E-state index in [1.165, 1.54) is 0 Å². The van der Waals surface area contributed by atoms with Gasteiger partial charge in [0.15, 0.2) is 23.9 Å². The molecular formula is C39H36N16O3. The van der Waals surface area contributed by atoms with Gasteiger partial charge in [0.05, 0.1) is 35.1 Å². The lowest BCUT2D eigenvalue weighted by molar-refractivity contribution is -0.118. The molecule has 8 aromatic rings. The van der Waals surface area contributed by atoms with Gasteiger partial charge in [-0.1, -0.05) is 6.07 Å². The molecule has 19 nitrogen and oxygen atoms in total. The Bertz CT molecular complexity index is 2790. The number of nitrogens with two attached hydrogens (primary N) is 2. The summed E-state index contributed by atoms with van der Waals surface area (Å²) in [5.74, 6) is 4.39. The zero-order valence-corrected chi connectivity index (χ0v) is 31.2. The molecule has 58 heavy (non-hydrogen) atoms. The van der Waals surface area contributed by atoms with Crippen LogP contribution in [0.5, 0.6) is 5.75 Å². The molecule has 2 aliphatic rings. The van der Waals surface area contributed by atoms with Crippen LogP contribution in [0.3, 0.4) is 0 Å². The van der Waals surface area contributed by atoms with Gasteiger partial charge in [0.2, 0.25) is 0 Å². The summed E-state index contributed by atoms with van der Waals surface area (Å²) in [6, 6.07) is 22.2. The fraction of sp³-hybridized carbons (Fsp3) is 0.154. The van der Waals surface area contributed by atoms with Crippen LogP contribution in [0, 0.1) is 13.8 Å². The Morgan fingerprint density at radius 1 is 0.793 bits per heavy atom. The number of β-amino-alcohol motifs (C(OH)–C–C–N with tert-alkyl or cyclic N) is 1. The summed E-state index contributed by atoms with van der Waals surface area (Å²) >= 11 is 0. The second kappa shape index (κ2) is 14.6. The van der Waals surface area contributed by atoms with Crippen molar-refractivity contribution in [1.82, 2.24) is 48.9 Å². The molecule has 0 radical (unpaired) electrons. The number of hydrogen-bond donors (Lipinski definition) is 6. The van der Waals surface area contributed by atoms with E-state index in [0.29, 0.717) is 82.2 Å². The van der Waals surface area contributed by atoms with E-state index < -0.39 is 0 Å². The highest BCUT2D eigenvalue weighted by atomic mass is 16.5. The number of rotatable bonds is 7. The van der Waals surface area contributed by atoms with Crippen LogP contribution in [0.1, 0.15) is 11.6 Å². The van der Waals surface area contributed by atoms with Crippen molar-refractivity contribution in [3.63, 3.8) is 0 Å². The number of benzene rings is 1. The summed E-state index contributed by atoms with van der Waals surface area (Å²) < 4.78 is 9.16. The zero-order chi connectivity index (χ0) is 39.9. The van der Waals surface area contributed by atoms with Gasteiger partial charge < -0.3 is 42.2 Å². The van der Waals surface area contributed by atoms with E-state index in [1.807, 2.05) is 70.1 Å².